The highest BCUT2D eigenvalue weighted by Crippen LogP contribution is 2.35. The molecule has 0 spiro atoms. The Morgan fingerprint density at radius 2 is 2.19 bits per heavy atom. The third-order valence-electron chi connectivity index (χ3n) is 4.27. The first-order valence-electron chi connectivity index (χ1n) is 7.92. The molecule has 2 N–H and O–H groups in total. The van der Waals surface area contributed by atoms with Crippen LogP contribution in [0.25, 0.3) is 5.65 Å². The van der Waals surface area contributed by atoms with E-state index in [1.165, 1.54) is 10.7 Å². The number of carbonyl (C=O) groups is 1. The summed E-state index contributed by atoms with van der Waals surface area (Å²) in [5.41, 5.74) is 0.636. The maximum absolute atomic E-state index is 14.2. The summed E-state index contributed by atoms with van der Waals surface area (Å²) in [6.07, 6.45) is 2.06. The summed E-state index contributed by atoms with van der Waals surface area (Å²) < 4.78 is 34.9. The lowest BCUT2D eigenvalue weighted by molar-refractivity contribution is -0.00982. The molecule has 2 unspecified atom stereocenters. The molecule has 26 heavy (non-hydrogen) atoms. The van der Waals surface area contributed by atoms with Crippen LogP contribution in [0.5, 0.6) is 0 Å². The average molecular weight is 360 g/mol. The van der Waals surface area contributed by atoms with E-state index in [0.717, 1.165) is 18.2 Å². The normalized spacial score (nSPS) is 20.4. The highest BCUT2D eigenvalue weighted by Gasteiger charge is 2.32. The second-order valence-electron chi connectivity index (χ2n) is 5.87. The molecule has 3 heterocycles. The molecule has 0 aliphatic carbocycles. The molecule has 2 atom stereocenters. The van der Waals surface area contributed by atoms with Gasteiger partial charge < -0.3 is 15.2 Å². The van der Waals surface area contributed by atoms with E-state index in [-0.39, 0.29) is 16.8 Å². The van der Waals surface area contributed by atoms with Gasteiger partial charge in [0.2, 0.25) is 0 Å². The summed E-state index contributed by atoms with van der Waals surface area (Å²) >= 11 is 0. The van der Waals surface area contributed by atoms with Crippen molar-refractivity contribution in [2.75, 3.05) is 13.2 Å². The molecule has 4 rings (SSSR count). The summed E-state index contributed by atoms with van der Waals surface area (Å²) in [6, 6.07) is 4.19. The second-order valence-corrected chi connectivity index (χ2v) is 5.87. The van der Waals surface area contributed by atoms with Gasteiger partial charge in [-0.15, -0.1) is 0 Å². The van der Waals surface area contributed by atoms with Crippen molar-refractivity contribution >= 4 is 11.6 Å². The first-order valence-corrected chi connectivity index (χ1v) is 7.92. The minimum absolute atomic E-state index is 0.0518. The first-order chi connectivity index (χ1) is 12.5. The van der Waals surface area contributed by atoms with Gasteiger partial charge in [-0.05, 0) is 24.3 Å². The standard InChI is InChI=1S/C17H14F2N4O3/c18-9-1-2-12(19)10(7-9)14-15(26-6-4-20-14)13-3-5-23-16(22-13)11(8-21-23)17(24)25/h1-3,5,7-8,14-15,20H,4,6H2,(H,24,25). The summed E-state index contributed by atoms with van der Waals surface area (Å²) in [6.45, 7) is 0.822. The van der Waals surface area contributed by atoms with Crippen molar-refractivity contribution in [1.29, 1.82) is 0 Å². The van der Waals surface area contributed by atoms with Crippen LogP contribution in [0, 0.1) is 11.6 Å². The maximum atomic E-state index is 14.2. The van der Waals surface area contributed by atoms with Gasteiger partial charge in [-0.1, -0.05) is 0 Å². The van der Waals surface area contributed by atoms with Crippen LogP contribution in [0.3, 0.4) is 0 Å². The predicted molar refractivity (Wildman–Crippen MR) is 85.7 cm³/mol. The molecule has 134 valence electrons. The maximum Gasteiger partial charge on any atom is 0.341 e. The van der Waals surface area contributed by atoms with E-state index in [2.05, 4.69) is 15.4 Å². The van der Waals surface area contributed by atoms with Gasteiger partial charge in [-0.3, -0.25) is 0 Å². The van der Waals surface area contributed by atoms with Crippen LogP contribution in [0.15, 0.2) is 36.7 Å². The molecule has 0 radical (unpaired) electrons. The highest BCUT2D eigenvalue weighted by atomic mass is 19.1. The zero-order chi connectivity index (χ0) is 18.3. The number of nitrogens with one attached hydrogen (secondary N) is 1. The fourth-order valence-corrected chi connectivity index (χ4v) is 3.08. The monoisotopic (exact) mass is 360 g/mol. The second kappa shape index (κ2) is 6.43. The number of benzene rings is 1. The Labute approximate surface area is 146 Å². The number of halogens is 2. The van der Waals surface area contributed by atoms with E-state index in [9.17, 15) is 18.7 Å². The van der Waals surface area contributed by atoms with Gasteiger partial charge in [0.25, 0.3) is 0 Å². The number of fused-ring (bicyclic) bond motifs is 1. The smallest absolute Gasteiger partial charge is 0.341 e. The molecule has 0 bridgehead atoms. The van der Waals surface area contributed by atoms with Crippen LogP contribution in [0.4, 0.5) is 8.78 Å². The van der Waals surface area contributed by atoms with Gasteiger partial charge in [0.1, 0.15) is 23.3 Å². The van der Waals surface area contributed by atoms with Gasteiger partial charge in [-0.2, -0.15) is 5.10 Å². The topological polar surface area (TPSA) is 88.8 Å². The lowest BCUT2D eigenvalue weighted by Crippen LogP contribution is -2.38. The van der Waals surface area contributed by atoms with E-state index < -0.39 is 29.7 Å². The van der Waals surface area contributed by atoms with Crippen molar-refractivity contribution in [3.8, 4) is 0 Å². The molecule has 1 saturated heterocycles. The number of aromatic nitrogens is 3. The molecule has 1 aliphatic rings. The zero-order valence-electron chi connectivity index (χ0n) is 13.4. The summed E-state index contributed by atoms with van der Waals surface area (Å²) in [4.78, 5) is 15.6. The van der Waals surface area contributed by atoms with Crippen LogP contribution in [0.2, 0.25) is 0 Å². The molecular weight excluding hydrogens is 346 g/mol. The molecular formula is C17H14F2N4O3. The van der Waals surface area contributed by atoms with E-state index in [1.807, 2.05) is 0 Å². The third kappa shape index (κ3) is 2.80. The van der Waals surface area contributed by atoms with Crippen LogP contribution >= 0.6 is 0 Å². The van der Waals surface area contributed by atoms with Crippen molar-refractivity contribution in [2.45, 2.75) is 12.1 Å². The molecule has 1 fully saturated rings. The van der Waals surface area contributed by atoms with Crippen LogP contribution < -0.4 is 5.32 Å². The van der Waals surface area contributed by atoms with Gasteiger partial charge in [0.15, 0.2) is 5.65 Å². The Hall–Kier alpha value is -2.91. The quantitative estimate of drug-likeness (QED) is 0.744. The Morgan fingerprint density at radius 3 is 3.00 bits per heavy atom. The summed E-state index contributed by atoms with van der Waals surface area (Å²) in [5, 5.41) is 16.3. The number of nitrogens with zero attached hydrogens (tertiary/aromatic N) is 3. The number of carboxylic acids is 1. The van der Waals surface area contributed by atoms with Crippen molar-refractivity contribution in [3.05, 3.63) is 65.1 Å². The van der Waals surface area contributed by atoms with Crippen molar-refractivity contribution in [2.24, 2.45) is 0 Å². The number of morpholine rings is 1. The lowest BCUT2D eigenvalue weighted by atomic mass is 9.97. The van der Waals surface area contributed by atoms with E-state index >= 15 is 0 Å². The number of carboxylic acid groups (broad SMARTS) is 1. The van der Waals surface area contributed by atoms with Crippen molar-refractivity contribution in [1.82, 2.24) is 19.9 Å². The number of hydrogen-bond acceptors (Lipinski definition) is 5. The average Bonchev–Trinajstić information content (AvgIpc) is 3.07. The van der Waals surface area contributed by atoms with Crippen LogP contribution in [0.1, 0.15) is 33.8 Å². The molecule has 1 aromatic carbocycles. The van der Waals surface area contributed by atoms with E-state index in [4.69, 9.17) is 4.74 Å². The van der Waals surface area contributed by atoms with Gasteiger partial charge in [0.05, 0.1) is 24.5 Å². The molecule has 1 aliphatic heterocycles. The number of hydrogen-bond donors (Lipinski definition) is 2. The molecule has 0 saturated carbocycles. The van der Waals surface area contributed by atoms with Crippen LogP contribution in [-0.4, -0.2) is 38.8 Å². The summed E-state index contributed by atoms with van der Waals surface area (Å²) in [7, 11) is 0. The number of rotatable bonds is 3. The fraction of sp³-hybridized carbons (Fsp3) is 0.235. The van der Waals surface area contributed by atoms with Gasteiger partial charge in [-0.25, -0.2) is 23.1 Å². The van der Waals surface area contributed by atoms with Gasteiger partial charge in [0, 0.05) is 18.3 Å². The highest BCUT2D eigenvalue weighted by molar-refractivity contribution is 5.94. The Kier molecular flexibility index (Phi) is 4.09. The SMILES string of the molecule is O=C(O)c1cnn2ccc(C3OCCNC3c3cc(F)ccc3F)nc12. The predicted octanol–water partition coefficient (Wildman–Crippen LogP) is 2.11. The first kappa shape index (κ1) is 16.6. The fourth-order valence-electron chi connectivity index (χ4n) is 3.08. The molecule has 7 nitrogen and oxygen atoms in total. The van der Waals surface area contributed by atoms with E-state index in [1.54, 1.807) is 12.3 Å². The largest absolute Gasteiger partial charge is 0.477 e. The van der Waals surface area contributed by atoms with Crippen LogP contribution in [-0.2, 0) is 4.74 Å². The van der Waals surface area contributed by atoms with Crippen molar-refractivity contribution in [3.63, 3.8) is 0 Å². The van der Waals surface area contributed by atoms with Crippen molar-refractivity contribution < 1.29 is 23.4 Å². The third-order valence-corrected chi connectivity index (χ3v) is 4.27. The number of aromatic carboxylic acids is 1. The van der Waals surface area contributed by atoms with Gasteiger partial charge >= 0.3 is 5.97 Å². The Bertz CT molecular complexity index is 991. The number of ether oxygens (including phenoxy) is 1. The Balaban J connectivity index is 1.79. The molecule has 3 aromatic rings. The molecule has 2 aromatic heterocycles. The summed E-state index contributed by atoms with van der Waals surface area (Å²) in [5.74, 6) is -2.27. The Morgan fingerprint density at radius 1 is 1.35 bits per heavy atom. The molecule has 0 amide bonds. The molecule has 9 heteroatoms. The lowest BCUT2D eigenvalue weighted by Gasteiger charge is -2.33. The zero-order valence-corrected chi connectivity index (χ0v) is 13.4. The minimum Gasteiger partial charge on any atom is -0.477 e. The van der Waals surface area contributed by atoms with E-state index in [0.29, 0.717) is 18.8 Å². The minimum atomic E-state index is -1.15.